The van der Waals surface area contributed by atoms with Crippen molar-refractivity contribution < 1.29 is 9.53 Å². The molecule has 5 nitrogen and oxygen atoms in total. The number of nitriles is 1. The van der Waals surface area contributed by atoms with E-state index in [0.29, 0.717) is 12.8 Å². The van der Waals surface area contributed by atoms with Gasteiger partial charge in [0.1, 0.15) is 5.60 Å². The third-order valence-corrected chi connectivity index (χ3v) is 5.17. The second-order valence-corrected chi connectivity index (χ2v) is 8.21. The van der Waals surface area contributed by atoms with E-state index in [9.17, 15) is 10.1 Å². The summed E-state index contributed by atoms with van der Waals surface area (Å²) in [5, 5.41) is 10.0. The number of carbonyl (C=O) groups is 1. The molecule has 2 fully saturated rings. The Morgan fingerprint density at radius 3 is 2.50 bits per heavy atom. The highest BCUT2D eigenvalue weighted by Gasteiger charge is 2.52. The number of fused-ring (bicyclic) bond motifs is 2. The molecule has 3 rings (SSSR count). The lowest BCUT2D eigenvalue weighted by Crippen LogP contribution is -2.52. The number of hydrogen-bond acceptors (Lipinski definition) is 4. The predicted octanol–water partition coefficient (Wildman–Crippen LogP) is 3.78. The molecule has 0 aliphatic carbocycles. The first-order valence-corrected chi connectivity index (χ1v) is 9.09. The van der Waals surface area contributed by atoms with Crippen LogP contribution in [0.25, 0.3) is 0 Å². The van der Waals surface area contributed by atoms with Crippen LogP contribution in [0.5, 0.6) is 0 Å². The first-order chi connectivity index (χ1) is 12.3. The van der Waals surface area contributed by atoms with Crippen LogP contribution in [0.2, 0.25) is 0 Å². The van der Waals surface area contributed by atoms with Crippen molar-refractivity contribution in [2.75, 3.05) is 0 Å². The molecule has 2 unspecified atom stereocenters. The summed E-state index contributed by atoms with van der Waals surface area (Å²) in [6.07, 6.45) is 6.28. The Kier molecular flexibility index (Phi) is 4.67. The van der Waals surface area contributed by atoms with Gasteiger partial charge in [-0.05, 0) is 65.0 Å². The molecule has 0 saturated carbocycles. The van der Waals surface area contributed by atoms with Gasteiger partial charge in [0.25, 0.3) is 0 Å². The average Bonchev–Trinajstić information content (AvgIpc) is 2.85. The fraction of sp³-hybridized carbons (Fsp3) is 0.571. The molecule has 136 valence electrons. The smallest absolute Gasteiger partial charge is 0.410 e. The highest BCUT2D eigenvalue weighted by molar-refractivity contribution is 5.70. The highest BCUT2D eigenvalue weighted by atomic mass is 16.6. The molecule has 1 aromatic rings. The monoisotopic (exact) mass is 351 g/mol. The Balaban J connectivity index is 1.88. The number of aromatic nitrogens is 1. The first-order valence-electron chi connectivity index (χ1n) is 9.09. The van der Waals surface area contributed by atoms with Crippen LogP contribution >= 0.6 is 0 Å². The van der Waals surface area contributed by atoms with Crippen LogP contribution < -0.4 is 0 Å². The fourth-order valence-corrected chi connectivity index (χ4v) is 4.17. The van der Waals surface area contributed by atoms with Gasteiger partial charge in [0.15, 0.2) is 0 Å². The molecular weight excluding hydrogens is 326 g/mol. The Hall–Kier alpha value is -2.53. The molecule has 3 heterocycles. The third kappa shape index (κ3) is 3.40. The van der Waals surface area contributed by atoms with Crippen molar-refractivity contribution in [3.63, 3.8) is 0 Å². The van der Waals surface area contributed by atoms with Gasteiger partial charge in [-0.25, -0.2) is 4.79 Å². The molecule has 0 radical (unpaired) electrons. The summed E-state index contributed by atoms with van der Waals surface area (Å²) >= 11 is 0. The SMILES string of the molecule is CC#Cc1cncc(C2(C#N)CC3CCC(C2)N3C(=O)OC(C)(C)C)c1. The van der Waals surface area contributed by atoms with Crippen molar-refractivity contribution in [1.82, 2.24) is 9.88 Å². The van der Waals surface area contributed by atoms with Crippen LogP contribution in [0.1, 0.15) is 64.5 Å². The number of ether oxygens (including phenoxy) is 1. The van der Waals surface area contributed by atoms with Gasteiger partial charge in [-0.2, -0.15) is 5.26 Å². The molecule has 2 saturated heterocycles. The summed E-state index contributed by atoms with van der Waals surface area (Å²) in [6.45, 7) is 7.42. The van der Waals surface area contributed by atoms with Gasteiger partial charge in [0, 0.05) is 30.0 Å². The van der Waals surface area contributed by atoms with Gasteiger partial charge < -0.3 is 9.64 Å². The molecule has 0 spiro atoms. The van der Waals surface area contributed by atoms with E-state index in [0.717, 1.165) is 24.0 Å². The molecule has 0 N–H and O–H groups in total. The number of pyridine rings is 1. The van der Waals surface area contributed by atoms with Gasteiger partial charge in [0.05, 0.1) is 11.5 Å². The Morgan fingerprint density at radius 1 is 1.31 bits per heavy atom. The largest absolute Gasteiger partial charge is 0.444 e. The van der Waals surface area contributed by atoms with E-state index in [1.807, 2.05) is 31.7 Å². The van der Waals surface area contributed by atoms with E-state index in [1.54, 1.807) is 19.3 Å². The van der Waals surface area contributed by atoms with E-state index in [1.165, 1.54) is 0 Å². The average molecular weight is 351 g/mol. The van der Waals surface area contributed by atoms with Crippen molar-refractivity contribution >= 4 is 6.09 Å². The van der Waals surface area contributed by atoms with Crippen LogP contribution in [0.4, 0.5) is 4.79 Å². The van der Waals surface area contributed by atoms with Gasteiger partial charge in [-0.3, -0.25) is 4.98 Å². The van der Waals surface area contributed by atoms with Crippen molar-refractivity contribution in [2.24, 2.45) is 0 Å². The summed E-state index contributed by atoms with van der Waals surface area (Å²) in [5.41, 5.74) is 0.586. The van der Waals surface area contributed by atoms with Crippen LogP contribution in [0, 0.1) is 23.2 Å². The maximum atomic E-state index is 12.6. The fourth-order valence-electron chi connectivity index (χ4n) is 4.17. The lowest BCUT2D eigenvalue weighted by molar-refractivity contribution is 0.00232. The van der Waals surface area contributed by atoms with Crippen LogP contribution in [-0.2, 0) is 10.2 Å². The molecule has 26 heavy (non-hydrogen) atoms. The zero-order chi connectivity index (χ0) is 18.9. The number of amides is 1. The number of carbonyl (C=O) groups excluding carboxylic acids is 1. The minimum absolute atomic E-state index is 0.0316. The topological polar surface area (TPSA) is 66.2 Å². The van der Waals surface area contributed by atoms with Gasteiger partial charge in [-0.15, -0.1) is 5.92 Å². The molecule has 2 aliphatic rings. The van der Waals surface area contributed by atoms with Crippen molar-refractivity contribution in [1.29, 1.82) is 5.26 Å². The van der Waals surface area contributed by atoms with Gasteiger partial charge in [0.2, 0.25) is 0 Å². The molecular formula is C21H25N3O2. The third-order valence-electron chi connectivity index (χ3n) is 5.17. The Bertz CT molecular complexity index is 793. The number of rotatable bonds is 1. The van der Waals surface area contributed by atoms with E-state index < -0.39 is 11.0 Å². The lowest BCUT2D eigenvalue weighted by Gasteiger charge is -2.43. The number of hydrogen-bond donors (Lipinski definition) is 0. The second kappa shape index (κ2) is 6.65. The van der Waals surface area contributed by atoms with E-state index >= 15 is 0 Å². The highest BCUT2D eigenvalue weighted by Crippen LogP contribution is 2.47. The summed E-state index contributed by atoms with van der Waals surface area (Å²) in [6, 6.07) is 4.58. The predicted molar refractivity (Wildman–Crippen MR) is 98.2 cm³/mol. The normalized spacial score (nSPS) is 27.3. The summed E-state index contributed by atoms with van der Waals surface area (Å²) in [4.78, 5) is 18.8. The molecule has 2 atom stereocenters. The van der Waals surface area contributed by atoms with E-state index in [2.05, 4.69) is 22.9 Å². The minimum Gasteiger partial charge on any atom is -0.444 e. The molecule has 2 bridgehead atoms. The minimum atomic E-state index is -0.622. The van der Waals surface area contributed by atoms with Crippen molar-refractivity contribution in [2.45, 2.75) is 76.5 Å². The van der Waals surface area contributed by atoms with E-state index in [-0.39, 0.29) is 18.2 Å². The maximum Gasteiger partial charge on any atom is 0.410 e. The van der Waals surface area contributed by atoms with E-state index in [4.69, 9.17) is 4.74 Å². The maximum absolute atomic E-state index is 12.6. The molecule has 0 aromatic carbocycles. The van der Waals surface area contributed by atoms with Crippen LogP contribution in [0.15, 0.2) is 18.5 Å². The standard InChI is InChI=1S/C21H25N3O2/c1-5-6-15-9-16(13-23-12-15)21(14-22)10-17-7-8-18(11-21)24(17)19(25)26-20(2,3)4/h9,12-13,17-18H,7-8,10-11H2,1-4H3. The Morgan fingerprint density at radius 2 is 1.96 bits per heavy atom. The molecule has 1 amide bonds. The van der Waals surface area contributed by atoms with Crippen LogP contribution in [0.3, 0.4) is 0 Å². The van der Waals surface area contributed by atoms with Gasteiger partial charge in [-0.1, -0.05) is 5.92 Å². The zero-order valence-corrected chi connectivity index (χ0v) is 15.9. The Labute approximate surface area is 155 Å². The van der Waals surface area contributed by atoms with Gasteiger partial charge >= 0.3 is 6.09 Å². The first kappa shape index (κ1) is 18.3. The number of nitrogens with zero attached hydrogens (tertiary/aromatic N) is 3. The summed E-state index contributed by atoms with van der Waals surface area (Å²) < 4.78 is 5.59. The molecule has 1 aromatic heterocycles. The zero-order valence-electron chi connectivity index (χ0n) is 15.9. The summed E-state index contributed by atoms with van der Waals surface area (Å²) in [7, 11) is 0. The molecule has 5 heteroatoms. The number of piperidine rings is 1. The summed E-state index contributed by atoms with van der Waals surface area (Å²) in [5.74, 6) is 5.89. The van der Waals surface area contributed by atoms with Crippen molar-refractivity contribution in [3.8, 4) is 17.9 Å². The van der Waals surface area contributed by atoms with Crippen molar-refractivity contribution in [3.05, 3.63) is 29.6 Å². The quantitative estimate of drug-likeness (QED) is 0.722. The van der Waals surface area contributed by atoms with Crippen LogP contribution in [-0.4, -0.2) is 33.7 Å². The second-order valence-electron chi connectivity index (χ2n) is 8.21. The lowest BCUT2D eigenvalue weighted by atomic mass is 9.71. The molecule has 2 aliphatic heterocycles.